The fourth-order valence-electron chi connectivity index (χ4n) is 1.88. The molecule has 2 heterocycles. The number of hydrogen-bond donors (Lipinski definition) is 2. The van der Waals surface area contributed by atoms with Crippen molar-refractivity contribution in [3.63, 3.8) is 0 Å². The molecule has 0 aliphatic rings. The second kappa shape index (κ2) is 8.96. The molecule has 0 aromatic carbocycles. The number of thiazole rings is 1. The first-order valence-corrected chi connectivity index (χ1v) is 9.77. The minimum absolute atomic E-state index is 0.192. The summed E-state index contributed by atoms with van der Waals surface area (Å²) in [5.41, 5.74) is 14.5. The lowest BCUT2D eigenvalue weighted by molar-refractivity contribution is 1.03. The highest BCUT2D eigenvalue weighted by Crippen LogP contribution is 2.30. The van der Waals surface area contributed by atoms with Crippen LogP contribution in [0.1, 0.15) is 44.8 Å². The first-order valence-electron chi connectivity index (χ1n) is 8.07. The summed E-state index contributed by atoms with van der Waals surface area (Å²) < 4.78 is 1.16. The zero-order chi connectivity index (χ0) is 18.4. The molecule has 0 fully saturated rings. The third-order valence-corrected chi connectivity index (χ3v) is 5.97. The van der Waals surface area contributed by atoms with Crippen LogP contribution in [0.5, 0.6) is 0 Å². The topological polar surface area (TPSA) is 103 Å². The zero-order valence-corrected chi connectivity index (χ0v) is 16.6. The molecular formula is C17H24N6S2. The molecule has 0 radical (unpaired) electrons. The highest BCUT2D eigenvalue weighted by Gasteiger charge is 2.12. The Morgan fingerprint density at radius 1 is 1.36 bits per heavy atom. The van der Waals surface area contributed by atoms with Crippen molar-refractivity contribution in [2.45, 2.75) is 50.0 Å². The number of nitrogen functional groups attached to an aromatic ring is 2. The molecule has 0 saturated carbocycles. The Kier molecular flexibility index (Phi) is 6.95. The van der Waals surface area contributed by atoms with Crippen molar-refractivity contribution >= 4 is 40.6 Å². The number of hydrogen-bond acceptors (Lipinski definition) is 8. The number of nitrogens with two attached hydrogens (primary N) is 2. The van der Waals surface area contributed by atoms with Crippen molar-refractivity contribution in [3.8, 4) is 0 Å². The van der Waals surface area contributed by atoms with Crippen molar-refractivity contribution in [1.82, 2.24) is 15.0 Å². The molecule has 0 aliphatic carbocycles. The molecule has 0 saturated heterocycles. The standard InChI is InChI=1S/C17H24N6S2/c1-5-10(2)8-20-11(3)12(4)24-16-9-21-15(25-16)7-13-6-14(18)23-17(19)22-13/h6,8-9,12H,5,7H2,1-4H3,(H4,18,19,22,23)/b10-8+,20-11?. The van der Waals surface area contributed by atoms with E-state index in [2.05, 4.69) is 47.6 Å². The largest absolute Gasteiger partial charge is 0.384 e. The summed E-state index contributed by atoms with van der Waals surface area (Å²) in [6.45, 7) is 8.44. The summed E-state index contributed by atoms with van der Waals surface area (Å²) in [5.74, 6) is 0.571. The van der Waals surface area contributed by atoms with Crippen LogP contribution in [-0.2, 0) is 6.42 Å². The van der Waals surface area contributed by atoms with Gasteiger partial charge in [0.15, 0.2) is 0 Å². The second-order valence-electron chi connectivity index (χ2n) is 5.75. The lowest BCUT2D eigenvalue weighted by atomic mass is 10.2. The molecule has 2 rings (SSSR count). The summed E-state index contributed by atoms with van der Waals surface area (Å²) >= 11 is 3.42. The fraction of sp³-hybridized carbons (Fsp3) is 0.412. The van der Waals surface area contributed by atoms with Gasteiger partial charge >= 0.3 is 0 Å². The average molecular weight is 377 g/mol. The quantitative estimate of drug-likeness (QED) is 0.560. The Morgan fingerprint density at radius 2 is 2.12 bits per heavy atom. The van der Waals surface area contributed by atoms with E-state index in [1.54, 1.807) is 29.2 Å². The van der Waals surface area contributed by atoms with E-state index < -0.39 is 0 Å². The van der Waals surface area contributed by atoms with Gasteiger partial charge < -0.3 is 11.5 Å². The number of allylic oxidation sites excluding steroid dienone is 1. The Bertz CT molecular complexity index is 761. The lowest BCUT2D eigenvalue weighted by Crippen LogP contribution is -2.07. The van der Waals surface area contributed by atoms with Crippen molar-refractivity contribution in [1.29, 1.82) is 0 Å². The Hall–Kier alpha value is -1.93. The van der Waals surface area contributed by atoms with Gasteiger partial charge in [-0.2, -0.15) is 4.98 Å². The molecule has 8 heteroatoms. The van der Waals surface area contributed by atoms with E-state index >= 15 is 0 Å². The van der Waals surface area contributed by atoms with E-state index in [0.29, 0.717) is 17.5 Å². The Balaban J connectivity index is 2.01. The van der Waals surface area contributed by atoms with Crippen LogP contribution in [0, 0.1) is 0 Å². The number of aromatic nitrogens is 3. The predicted octanol–water partition coefficient (Wildman–Crippen LogP) is 3.94. The summed E-state index contributed by atoms with van der Waals surface area (Å²) in [6, 6.07) is 1.73. The third kappa shape index (κ3) is 6.13. The normalized spacial score (nSPS) is 13.9. The lowest BCUT2D eigenvalue weighted by Gasteiger charge is -2.08. The van der Waals surface area contributed by atoms with E-state index in [1.165, 1.54) is 5.57 Å². The van der Waals surface area contributed by atoms with E-state index in [1.807, 2.05) is 12.4 Å². The molecule has 0 bridgehead atoms. The van der Waals surface area contributed by atoms with E-state index in [-0.39, 0.29) is 5.95 Å². The number of anilines is 2. The van der Waals surface area contributed by atoms with Crippen LogP contribution in [0.2, 0.25) is 0 Å². The first kappa shape index (κ1) is 19.4. The van der Waals surface area contributed by atoms with E-state index in [0.717, 1.165) is 27.0 Å². The highest BCUT2D eigenvalue weighted by atomic mass is 32.2. The molecule has 0 aliphatic heterocycles. The van der Waals surface area contributed by atoms with Gasteiger partial charge in [0.25, 0.3) is 0 Å². The molecule has 25 heavy (non-hydrogen) atoms. The Labute approximate surface area is 156 Å². The number of aliphatic imine (C=N–C) groups is 1. The predicted molar refractivity (Wildman–Crippen MR) is 108 cm³/mol. The van der Waals surface area contributed by atoms with Gasteiger partial charge in [-0.1, -0.05) is 12.5 Å². The Morgan fingerprint density at radius 3 is 2.80 bits per heavy atom. The first-order chi connectivity index (χ1) is 11.9. The van der Waals surface area contributed by atoms with Crippen LogP contribution in [-0.4, -0.2) is 25.9 Å². The van der Waals surface area contributed by atoms with Crippen LogP contribution in [0.25, 0.3) is 0 Å². The number of rotatable bonds is 7. The maximum absolute atomic E-state index is 5.71. The van der Waals surface area contributed by atoms with Crippen molar-refractivity contribution in [2.75, 3.05) is 11.5 Å². The zero-order valence-electron chi connectivity index (χ0n) is 15.0. The van der Waals surface area contributed by atoms with E-state index in [4.69, 9.17) is 11.5 Å². The molecule has 6 nitrogen and oxygen atoms in total. The van der Waals surface area contributed by atoms with Crippen LogP contribution in [0.3, 0.4) is 0 Å². The molecule has 1 unspecified atom stereocenters. The number of thioether (sulfide) groups is 1. The van der Waals surface area contributed by atoms with Gasteiger partial charge in [0, 0.05) is 29.6 Å². The van der Waals surface area contributed by atoms with Gasteiger partial charge in [0.05, 0.1) is 21.1 Å². The monoisotopic (exact) mass is 376 g/mol. The smallest absolute Gasteiger partial charge is 0.222 e. The van der Waals surface area contributed by atoms with Crippen molar-refractivity contribution in [3.05, 3.63) is 34.7 Å². The van der Waals surface area contributed by atoms with Gasteiger partial charge in [-0.25, -0.2) is 9.97 Å². The van der Waals surface area contributed by atoms with Crippen LogP contribution in [0.15, 0.2) is 33.2 Å². The number of nitrogens with zero attached hydrogens (tertiary/aromatic N) is 4. The van der Waals surface area contributed by atoms with Crippen molar-refractivity contribution < 1.29 is 0 Å². The molecule has 134 valence electrons. The highest BCUT2D eigenvalue weighted by molar-refractivity contribution is 8.02. The van der Waals surface area contributed by atoms with Crippen LogP contribution in [0.4, 0.5) is 11.8 Å². The van der Waals surface area contributed by atoms with Gasteiger partial charge in [-0.3, -0.25) is 4.99 Å². The molecule has 0 spiro atoms. The van der Waals surface area contributed by atoms with E-state index in [9.17, 15) is 0 Å². The molecule has 2 aromatic rings. The van der Waals surface area contributed by atoms with Crippen molar-refractivity contribution in [2.24, 2.45) is 4.99 Å². The maximum atomic E-state index is 5.71. The van der Waals surface area contributed by atoms with Crippen LogP contribution < -0.4 is 11.5 Å². The SMILES string of the molecule is CC/C(C)=C/N=C(C)C(C)Sc1cnc(Cc2cc(N)nc(N)n2)s1. The van der Waals surface area contributed by atoms with Gasteiger partial charge in [0.1, 0.15) is 5.82 Å². The van der Waals surface area contributed by atoms with Gasteiger partial charge in [-0.15, -0.1) is 23.1 Å². The minimum atomic E-state index is 0.192. The summed E-state index contributed by atoms with van der Waals surface area (Å²) in [6.07, 6.45) is 5.47. The average Bonchev–Trinajstić information content (AvgIpc) is 2.97. The van der Waals surface area contributed by atoms with Gasteiger partial charge in [0.2, 0.25) is 5.95 Å². The minimum Gasteiger partial charge on any atom is -0.384 e. The summed E-state index contributed by atoms with van der Waals surface area (Å²) in [7, 11) is 0. The van der Waals surface area contributed by atoms with Crippen LogP contribution >= 0.6 is 23.1 Å². The molecular weight excluding hydrogens is 352 g/mol. The molecule has 0 amide bonds. The summed E-state index contributed by atoms with van der Waals surface area (Å²) in [4.78, 5) is 17.1. The summed E-state index contributed by atoms with van der Waals surface area (Å²) in [5, 5.41) is 1.27. The second-order valence-corrected chi connectivity index (χ2v) is 8.51. The maximum Gasteiger partial charge on any atom is 0.222 e. The molecule has 2 aromatic heterocycles. The molecule has 4 N–H and O–H groups in total. The molecule has 1 atom stereocenters. The van der Waals surface area contributed by atoms with Gasteiger partial charge in [-0.05, 0) is 27.2 Å². The third-order valence-electron chi connectivity index (χ3n) is 3.61. The fourth-order valence-corrected chi connectivity index (χ4v) is 4.15.